The number of benzene rings is 1. The predicted molar refractivity (Wildman–Crippen MR) is 151 cm³/mol. The van der Waals surface area contributed by atoms with Gasteiger partial charge in [-0.3, -0.25) is 14.9 Å². The zero-order valence-corrected chi connectivity index (χ0v) is 24.0. The minimum absolute atomic E-state index is 0.0205. The number of pyridine rings is 1. The van der Waals surface area contributed by atoms with Gasteiger partial charge in [0.1, 0.15) is 11.9 Å². The van der Waals surface area contributed by atoms with Gasteiger partial charge in [-0.25, -0.2) is 4.98 Å². The molecule has 9 heteroatoms. The van der Waals surface area contributed by atoms with Crippen LogP contribution in [-0.2, 0) is 34.4 Å². The number of aryl methyl sites for hydroxylation is 2. The van der Waals surface area contributed by atoms with Crippen molar-refractivity contribution in [3.8, 4) is 11.4 Å². The van der Waals surface area contributed by atoms with Gasteiger partial charge >= 0.3 is 5.97 Å². The van der Waals surface area contributed by atoms with E-state index in [0.29, 0.717) is 18.0 Å². The fourth-order valence-electron chi connectivity index (χ4n) is 4.93. The molecule has 3 heterocycles. The molecule has 3 aromatic rings. The third kappa shape index (κ3) is 7.15. The largest absolute Gasteiger partial charge is 0.464 e. The quantitative estimate of drug-likeness (QED) is 0.401. The van der Waals surface area contributed by atoms with E-state index < -0.39 is 18.1 Å². The van der Waals surface area contributed by atoms with Crippen LogP contribution in [0.3, 0.4) is 0 Å². The molecule has 2 aromatic heterocycles. The smallest absolute Gasteiger partial charge is 0.325 e. The average molecular weight is 539 g/mol. The van der Waals surface area contributed by atoms with Crippen molar-refractivity contribution in [1.29, 1.82) is 0 Å². The number of ether oxygens (including phenoxy) is 2. The molecule has 0 bridgehead atoms. The Labute approximate surface area is 230 Å². The number of esters is 1. The number of rotatable bonds is 9. The summed E-state index contributed by atoms with van der Waals surface area (Å²) in [6.07, 6.45) is 2.91. The van der Waals surface area contributed by atoms with Crippen LogP contribution in [0.5, 0.6) is 0 Å². The van der Waals surface area contributed by atoms with Crippen molar-refractivity contribution in [3.05, 3.63) is 51.9 Å². The van der Waals surface area contributed by atoms with Crippen LogP contribution in [0.25, 0.3) is 22.4 Å². The molecule has 1 aliphatic heterocycles. The van der Waals surface area contributed by atoms with Crippen molar-refractivity contribution in [2.45, 2.75) is 72.7 Å². The fourth-order valence-corrected chi connectivity index (χ4v) is 4.93. The Kier molecular flexibility index (Phi) is 8.93. The minimum atomic E-state index is -0.903. The van der Waals surface area contributed by atoms with Gasteiger partial charge in [0.25, 0.3) is 5.56 Å². The van der Waals surface area contributed by atoms with Crippen LogP contribution < -0.4 is 10.9 Å². The molecule has 4 rings (SSSR count). The number of hydrogen-bond acceptors (Lipinski definition) is 7. The number of nitrogens with one attached hydrogen (secondary N) is 1. The number of imidazole rings is 1. The first kappa shape index (κ1) is 29.0. The third-order valence-corrected chi connectivity index (χ3v) is 7.12. The SMILES string of the molecule is Cc1cc(-c2nc3ccc(CNC(C(=O)OCC(C)(C)C)C(C)O)cc3n2CC2CCOCC2)cn(C)c1=O. The van der Waals surface area contributed by atoms with E-state index >= 15 is 0 Å². The van der Waals surface area contributed by atoms with E-state index in [-0.39, 0.29) is 17.6 Å². The summed E-state index contributed by atoms with van der Waals surface area (Å²) in [6, 6.07) is 7.13. The van der Waals surface area contributed by atoms with Crippen molar-refractivity contribution in [3.63, 3.8) is 0 Å². The molecule has 39 heavy (non-hydrogen) atoms. The van der Waals surface area contributed by atoms with Crippen LogP contribution in [0, 0.1) is 18.3 Å². The van der Waals surface area contributed by atoms with Gasteiger partial charge in [0.2, 0.25) is 0 Å². The summed E-state index contributed by atoms with van der Waals surface area (Å²) in [5, 5.41) is 13.5. The highest BCUT2D eigenvalue weighted by molar-refractivity contribution is 5.81. The second-order valence-corrected chi connectivity index (χ2v) is 12.0. The maximum Gasteiger partial charge on any atom is 0.325 e. The molecular formula is C30H42N4O5. The van der Waals surface area contributed by atoms with E-state index in [1.165, 1.54) is 0 Å². The molecule has 0 saturated carbocycles. The van der Waals surface area contributed by atoms with Crippen molar-refractivity contribution < 1.29 is 19.4 Å². The van der Waals surface area contributed by atoms with E-state index in [9.17, 15) is 14.7 Å². The van der Waals surface area contributed by atoms with Gasteiger partial charge in [-0.15, -0.1) is 0 Å². The topological polar surface area (TPSA) is 108 Å². The van der Waals surface area contributed by atoms with Gasteiger partial charge in [0, 0.05) is 50.7 Å². The number of carbonyl (C=O) groups is 1. The standard InChI is InChI=1S/C30H42N4O5/c1-19-13-23(17-33(6)28(19)36)27-32-24-8-7-22(14-25(24)34(27)16-21-9-11-38-12-10-21)15-31-26(20(2)35)29(37)39-18-30(3,4)5/h7-8,13-14,17,20-21,26,31,35H,9-12,15-16,18H2,1-6H3. The highest BCUT2D eigenvalue weighted by Crippen LogP contribution is 2.29. The Morgan fingerprint density at radius 1 is 1.26 bits per heavy atom. The molecule has 2 N–H and O–H groups in total. The van der Waals surface area contributed by atoms with Gasteiger partial charge in [0.05, 0.1) is 23.7 Å². The van der Waals surface area contributed by atoms with Crippen LogP contribution in [-0.4, -0.2) is 57.2 Å². The van der Waals surface area contributed by atoms with Crippen LogP contribution in [0.15, 0.2) is 35.3 Å². The fraction of sp³-hybridized carbons (Fsp3) is 0.567. The summed E-state index contributed by atoms with van der Waals surface area (Å²) in [7, 11) is 1.76. The predicted octanol–water partition coefficient (Wildman–Crippen LogP) is 3.57. The first-order valence-electron chi connectivity index (χ1n) is 13.8. The zero-order valence-electron chi connectivity index (χ0n) is 24.0. The van der Waals surface area contributed by atoms with Crippen LogP contribution in [0.2, 0.25) is 0 Å². The lowest BCUT2D eigenvalue weighted by atomic mass is 9.98. The summed E-state index contributed by atoms with van der Waals surface area (Å²) in [5.74, 6) is 0.827. The molecule has 0 spiro atoms. The zero-order chi connectivity index (χ0) is 28.3. The highest BCUT2D eigenvalue weighted by Gasteiger charge is 2.27. The number of aromatic nitrogens is 3. The van der Waals surface area contributed by atoms with E-state index in [1.54, 1.807) is 18.5 Å². The summed E-state index contributed by atoms with van der Waals surface area (Å²) in [4.78, 5) is 30.0. The summed E-state index contributed by atoms with van der Waals surface area (Å²) in [5.41, 5.74) is 4.21. The molecule has 2 unspecified atom stereocenters. The number of carbonyl (C=O) groups excluding carboxylic acids is 1. The molecular weight excluding hydrogens is 496 g/mol. The van der Waals surface area contributed by atoms with Gasteiger partial charge in [0.15, 0.2) is 0 Å². The molecule has 212 valence electrons. The second-order valence-electron chi connectivity index (χ2n) is 12.0. The number of aliphatic hydroxyl groups is 1. The molecule has 0 amide bonds. The molecule has 1 aliphatic rings. The maximum absolute atomic E-state index is 12.7. The normalized spacial score (nSPS) is 16.4. The Hall–Kier alpha value is -3.01. The summed E-state index contributed by atoms with van der Waals surface area (Å²) >= 11 is 0. The Bertz CT molecular complexity index is 1340. The monoisotopic (exact) mass is 538 g/mol. The molecule has 9 nitrogen and oxygen atoms in total. The number of nitrogens with zero attached hydrogens (tertiary/aromatic N) is 3. The van der Waals surface area contributed by atoms with Gasteiger partial charge in [-0.1, -0.05) is 26.8 Å². The van der Waals surface area contributed by atoms with Gasteiger partial charge in [-0.2, -0.15) is 0 Å². The first-order valence-corrected chi connectivity index (χ1v) is 13.8. The van der Waals surface area contributed by atoms with Crippen molar-refractivity contribution in [2.75, 3.05) is 19.8 Å². The maximum atomic E-state index is 12.7. The lowest BCUT2D eigenvalue weighted by Gasteiger charge is -2.24. The molecule has 0 radical (unpaired) electrons. The molecule has 2 atom stereocenters. The number of hydrogen-bond donors (Lipinski definition) is 2. The van der Waals surface area contributed by atoms with E-state index in [2.05, 4.69) is 16.0 Å². The molecule has 0 aliphatic carbocycles. The van der Waals surface area contributed by atoms with Crippen molar-refractivity contribution in [2.24, 2.45) is 18.4 Å². The summed E-state index contributed by atoms with van der Waals surface area (Å²) in [6.45, 7) is 12.4. The molecule has 1 fully saturated rings. The van der Waals surface area contributed by atoms with Crippen LogP contribution >= 0.6 is 0 Å². The van der Waals surface area contributed by atoms with E-state index in [0.717, 1.165) is 60.6 Å². The van der Waals surface area contributed by atoms with Crippen LogP contribution in [0.4, 0.5) is 0 Å². The van der Waals surface area contributed by atoms with E-state index in [1.807, 2.05) is 52.1 Å². The second kappa shape index (κ2) is 12.0. The lowest BCUT2D eigenvalue weighted by molar-refractivity contribution is -0.151. The Balaban J connectivity index is 1.65. The first-order chi connectivity index (χ1) is 18.4. The minimum Gasteiger partial charge on any atom is -0.464 e. The van der Waals surface area contributed by atoms with E-state index in [4.69, 9.17) is 14.5 Å². The van der Waals surface area contributed by atoms with Crippen molar-refractivity contribution in [1.82, 2.24) is 19.4 Å². The Morgan fingerprint density at radius 2 is 1.97 bits per heavy atom. The third-order valence-electron chi connectivity index (χ3n) is 7.12. The van der Waals surface area contributed by atoms with Crippen molar-refractivity contribution >= 4 is 17.0 Å². The van der Waals surface area contributed by atoms with Crippen LogP contribution in [0.1, 0.15) is 51.7 Å². The van der Waals surface area contributed by atoms with Gasteiger partial charge in [-0.05, 0) is 61.8 Å². The average Bonchev–Trinajstić information content (AvgIpc) is 3.23. The molecule has 1 aromatic carbocycles. The summed E-state index contributed by atoms with van der Waals surface area (Å²) < 4.78 is 14.9. The lowest BCUT2D eigenvalue weighted by Crippen LogP contribution is -2.46. The number of fused-ring (bicyclic) bond motifs is 1. The van der Waals surface area contributed by atoms with Gasteiger partial charge < -0.3 is 23.7 Å². The Morgan fingerprint density at radius 3 is 2.62 bits per heavy atom. The highest BCUT2D eigenvalue weighted by atomic mass is 16.5. The molecule has 1 saturated heterocycles. The number of aliphatic hydroxyl groups excluding tert-OH is 1.